The van der Waals surface area contributed by atoms with E-state index >= 15 is 0 Å². The van der Waals surface area contributed by atoms with Gasteiger partial charge in [-0.3, -0.25) is 0 Å². The molecular formula is C10H17N3O2. The van der Waals surface area contributed by atoms with Crippen LogP contribution in [-0.2, 0) is 9.53 Å². The molecule has 0 bridgehead atoms. The van der Waals surface area contributed by atoms with Crippen LogP contribution < -0.4 is 5.73 Å². The second kappa shape index (κ2) is 4.93. The molecule has 5 heteroatoms. The van der Waals surface area contributed by atoms with Crippen molar-refractivity contribution in [2.45, 2.75) is 32.9 Å². The number of hydrogen-bond acceptors (Lipinski definition) is 4. The minimum atomic E-state index is -0.381. The van der Waals surface area contributed by atoms with Crippen LogP contribution in [0.2, 0.25) is 0 Å². The van der Waals surface area contributed by atoms with Crippen molar-refractivity contribution in [1.29, 1.82) is 0 Å². The number of aromatic nitrogens is 2. The van der Waals surface area contributed by atoms with Crippen molar-refractivity contribution in [3.63, 3.8) is 0 Å². The average Bonchev–Trinajstić information content (AvgIpc) is 2.65. The Hall–Kier alpha value is -1.36. The summed E-state index contributed by atoms with van der Waals surface area (Å²) in [6.07, 6.45) is 3.26. The van der Waals surface area contributed by atoms with Crippen LogP contribution in [0.15, 0.2) is 12.5 Å². The van der Waals surface area contributed by atoms with Crippen LogP contribution in [0.3, 0.4) is 0 Å². The Morgan fingerprint density at radius 2 is 2.33 bits per heavy atom. The van der Waals surface area contributed by atoms with E-state index in [9.17, 15) is 4.79 Å². The highest BCUT2D eigenvalue weighted by molar-refractivity contribution is 5.73. The molecule has 0 aliphatic carbocycles. The lowest BCUT2D eigenvalue weighted by molar-refractivity contribution is -0.146. The number of nitrogens with two attached hydrogens (primary N) is 1. The molecule has 2 unspecified atom stereocenters. The Morgan fingerprint density at radius 1 is 1.67 bits per heavy atom. The van der Waals surface area contributed by atoms with E-state index in [1.54, 1.807) is 30.9 Å². The third-order valence-electron chi connectivity index (χ3n) is 2.21. The van der Waals surface area contributed by atoms with Crippen LogP contribution in [0, 0.1) is 0 Å². The highest BCUT2D eigenvalue weighted by Crippen LogP contribution is 2.16. The molecule has 84 valence electrons. The van der Waals surface area contributed by atoms with Gasteiger partial charge in [-0.15, -0.1) is 0 Å². The molecule has 0 spiro atoms. The number of carbonyl (C=O) groups excluding carboxylic acids is 1. The predicted molar refractivity (Wildman–Crippen MR) is 56.2 cm³/mol. The lowest BCUT2D eigenvalue weighted by atomic mass is 10.2. The first-order chi connectivity index (χ1) is 7.07. The van der Waals surface area contributed by atoms with Crippen molar-refractivity contribution in [2.24, 2.45) is 5.73 Å². The van der Waals surface area contributed by atoms with E-state index in [0.717, 1.165) is 5.69 Å². The van der Waals surface area contributed by atoms with Crippen molar-refractivity contribution in [2.75, 3.05) is 6.61 Å². The Balaban J connectivity index is 2.85. The summed E-state index contributed by atoms with van der Waals surface area (Å²) in [5.41, 5.74) is 6.59. The van der Waals surface area contributed by atoms with E-state index < -0.39 is 0 Å². The van der Waals surface area contributed by atoms with Crippen LogP contribution in [0.25, 0.3) is 0 Å². The number of ether oxygens (including phenoxy) is 1. The predicted octanol–water partition coefficient (Wildman–Crippen LogP) is 1.03. The molecule has 0 saturated carbocycles. The van der Waals surface area contributed by atoms with Gasteiger partial charge in [-0.05, 0) is 20.8 Å². The van der Waals surface area contributed by atoms with Gasteiger partial charge in [-0.25, -0.2) is 9.78 Å². The van der Waals surface area contributed by atoms with Gasteiger partial charge in [0, 0.05) is 12.2 Å². The summed E-state index contributed by atoms with van der Waals surface area (Å²) in [6, 6.07) is -0.530. The number of hydrogen-bond donors (Lipinski definition) is 1. The minimum Gasteiger partial charge on any atom is -0.464 e. The first-order valence-corrected chi connectivity index (χ1v) is 5.01. The van der Waals surface area contributed by atoms with Gasteiger partial charge in [0.25, 0.3) is 0 Å². The van der Waals surface area contributed by atoms with Crippen LogP contribution in [-0.4, -0.2) is 22.1 Å². The van der Waals surface area contributed by atoms with Gasteiger partial charge in [-0.2, -0.15) is 0 Å². The van der Waals surface area contributed by atoms with Crippen molar-refractivity contribution in [3.05, 3.63) is 18.2 Å². The fourth-order valence-electron chi connectivity index (χ4n) is 1.37. The maximum absolute atomic E-state index is 11.5. The van der Waals surface area contributed by atoms with Gasteiger partial charge in [0.1, 0.15) is 6.04 Å². The highest BCUT2D eigenvalue weighted by atomic mass is 16.5. The van der Waals surface area contributed by atoms with Gasteiger partial charge in [0.05, 0.1) is 18.6 Å². The van der Waals surface area contributed by atoms with Gasteiger partial charge in [0.2, 0.25) is 0 Å². The van der Waals surface area contributed by atoms with Crippen molar-refractivity contribution in [3.8, 4) is 0 Å². The topological polar surface area (TPSA) is 70.1 Å². The van der Waals surface area contributed by atoms with Gasteiger partial charge in [-0.1, -0.05) is 0 Å². The summed E-state index contributed by atoms with van der Waals surface area (Å²) >= 11 is 0. The zero-order chi connectivity index (χ0) is 11.4. The van der Waals surface area contributed by atoms with Crippen LogP contribution >= 0.6 is 0 Å². The summed E-state index contributed by atoms with van der Waals surface area (Å²) in [4.78, 5) is 15.5. The first-order valence-electron chi connectivity index (χ1n) is 5.01. The monoisotopic (exact) mass is 211 g/mol. The Bertz CT molecular complexity index is 333. The van der Waals surface area contributed by atoms with Crippen molar-refractivity contribution in [1.82, 2.24) is 9.55 Å². The molecule has 15 heavy (non-hydrogen) atoms. The molecule has 2 N–H and O–H groups in total. The van der Waals surface area contributed by atoms with Crippen LogP contribution in [0.4, 0.5) is 0 Å². The Morgan fingerprint density at radius 3 is 2.87 bits per heavy atom. The molecule has 2 atom stereocenters. The second-order valence-electron chi connectivity index (χ2n) is 3.44. The van der Waals surface area contributed by atoms with E-state index in [1.807, 2.05) is 6.92 Å². The number of rotatable bonds is 4. The standard InChI is InChI=1S/C10H17N3O2/c1-4-15-10(14)8(3)13-6-12-5-9(13)7(2)11/h5-8H,4,11H2,1-3H3. The molecule has 5 nitrogen and oxygen atoms in total. The highest BCUT2D eigenvalue weighted by Gasteiger charge is 2.19. The SMILES string of the molecule is CCOC(=O)C(C)n1cncc1C(C)N. The van der Waals surface area contributed by atoms with Gasteiger partial charge in [0.15, 0.2) is 0 Å². The van der Waals surface area contributed by atoms with E-state index in [1.165, 1.54) is 0 Å². The maximum Gasteiger partial charge on any atom is 0.328 e. The molecule has 0 saturated heterocycles. The van der Waals surface area contributed by atoms with Crippen molar-refractivity contribution < 1.29 is 9.53 Å². The largest absolute Gasteiger partial charge is 0.464 e. The molecule has 0 amide bonds. The van der Waals surface area contributed by atoms with E-state index in [-0.39, 0.29) is 18.1 Å². The van der Waals surface area contributed by atoms with E-state index in [4.69, 9.17) is 10.5 Å². The average molecular weight is 211 g/mol. The van der Waals surface area contributed by atoms with E-state index in [2.05, 4.69) is 4.98 Å². The number of esters is 1. The Kier molecular flexibility index (Phi) is 3.85. The van der Waals surface area contributed by atoms with Crippen molar-refractivity contribution >= 4 is 5.97 Å². The summed E-state index contributed by atoms with van der Waals surface area (Å²) in [7, 11) is 0. The molecule has 0 radical (unpaired) electrons. The zero-order valence-corrected chi connectivity index (χ0v) is 9.30. The van der Waals surface area contributed by atoms with Crippen LogP contribution in [0.1, 0.15) is 38.5 Å². The summed E-state index contributed by atoms with van der Waals surface area (Å²) in [5, 5.41) is 0. The zero-order valence-electron chi connectivity index (χ0n) is 9.30. The third-order valence-corrected chi connectivity index (χ3v) is 2.21. The van der Waals surface area contributed by atoms with Crippen LogP contribution in [0.5, 0.6) is 0 Å². The number of imidazole rings is 1. The smallest absolute Gasteiger partial charge is 0.328 e. The molecule has 0 aliphatic heterocycles. The molecule has 1 rings (SSSR count). The summed E-state index contributed by atoms with van der Waals surface area (Å²) in [5.74, 6) is -0.266. The normalized spacial score (nSPS) is 14.7. The number of nitrogens with zero attached hydrogens (tertiary/aromatic N) is 2. The molecule has 0 aliphatic rings. The fraction of sp³-hybridized carbons (Fsp3) is 0.600. The third kappa shape index (κ3) is 2.56. The molecule has 0 aromatic carbocycles. The molecule has 1 heterocycles. The molecular weight excluding hydrogens is 194 g/mol. The number of carbonyl (C=O) groups is 1. The van der Waals surface area contributed by atoms with Gasteiger partial charge < -0.3 is 15.0 Å². The molecule has 1 aromatic rings. The minimum absolute atomic E-state index is 0.149. The summed E-state index contributed by atoms with van der Waals surface area (Å²) in [6.45, 7) is 5.79. The molecule has 0 fully saturated rings. The lowest BCUT2D eigenvalue weighted by Gasteiger charge is -2.16. The molecule has 1 aromatic heterocycles. The first kappa shape index (κ1) is 11.7. The van der Waals surface area contributed by atoms with Gasteiger partial charge >= 0.3 is 5.97 Å². The summed E-state index contributed by atoms with van der Waals surface area (Å²) < 4.78 is 6.67. The fourth-order valence-corrected chi connectivity index (χ4v) is 1.37. The lowest BCUT2D eigenvalue weighted by Crippen LogP contribution is -2.22. The van der Waals surface area contributed by atoms with E-state index in [0.29, 0.717) is 6.61 Å². The Labute approximate surface area is 89.2 Å². The maximum atomic E-state index is 11.5. The second-order valence-corrected chi connectivity index (χ2v) is 3.44. The quantitative estimate of drug-likeness (QED) is 0.755.